The van der Waals surface area contributed by atoms with Crippen LogP contribution in [0.1, 0.15) is 25.5 Å². The summed E-state index contributed by atoms with van der Waals surface area (Å²) in [5.74, 6) is 1.20. The second-order valence-electron chi connectivity index (χ2n) is 6.94. The van der Waals surface area contributed by atoms with Crippen LogP contribution in [0.4, 0.5) is 16.0 Å². The van der Waals surface area contributed by atoms with Gasteiger partial charge < -0.3 is 20.6 Å². The first-order valence-corrected chi connectivity index (χ1v) is 8.42. The summed E-state index contributed by atoms with van der Waals surface area (Å²) in [6, 6.07) is 7.73. The van der Waals surface area contributed by atoms with Crippen LogP contribution in [-0.2, 0) is 0 Å². The molecular weight excluding hydrogens is 321 g/mol. The molecule has 3 rings (SSSR count). The largest absolute Gasteiger partial charge is 0.387 e. The van der Waals surface area contributed by atoms with Gasteiger partial charge >= 0.3 is 0 Å². The van der Waals surface area contributed by atoms with E-state index in [0.717, 1.165) is 25.5 Å². The summed E-state index contributed by atoms with van der Waals surface area (Å²) in [4.78, 5) is 10.8. The Morgan fingerprint density at radius 2 is 2.08 bits per heavy atom. The zero-order valence-electron chi connectivity index (χ0n) is 14.5. The second kappa shape index (κ2) is 7.33. The molecule has 1 aromatic carbocycles. The van der Waals surface area contributed by atoms with Crippen LogP contribution >= 0.6 is 0 Å². The van der Waals surface area contributed by atoms with Gasteiger partial charge in [0.1, 0.15) is 23.8 Å². The lowest BCUT2D eigenvalue weighted by molar-refractivity contribution is 0.191. The average Bonchev–Trinajstić information content (AvgIpc) is 2.60. The zero-order chi connectivity index (χ0) is 17.9. The highest BCUT2D eigenvalue weighted by molar-refractivity contribution is 5.49. The molecule has 1 aliphatic rings. The molecule has 0 radical (unpaired) electrons. The third-order valence-corrected chi connectivity index (χ3v) is 4.28. The number of aliphatic hydroxyl groups is 1. The highest BCUT2D eigenvalue weighted by Gasteiger charge is 2.26. The van der Waals surface area contributed by atoms with E-state index in [9.17, 15) is 9.50 Å². The van der Waals surface area contributed by atoms with Crippen molar-refractivity contribution in [3.63, 3.8) is 0 Å². The molecule has 1 atom stereocenters. The molecule has 25 heavy (non-hydrogen) atoms. The summed E-state index contributed by atoms with van der Waals surface area (Å²) < 4.78 is 13.0. The number of halogens is 1. The molecule has 1 aliphatic heterocycles. The lowest BCUT2D eigenvalue weighted by Gasteiger charge is -2.39. The number of rotatable bonds is 5. The van der Waals surface area contributed by atoms with Crippen molar-refractivity contribution in [2.75, 3.05) is 36.4 Å². The van der Waals surface area contributed by atoms with Gasteiger partial charge in [0, 0.05) is 37.8 Å². The predicted octanol–water partition coefficient (Wildman–Crippen LogP) is 1.95. The number of hydrogen-bond donors (Lipinski definition) is 3. The van der Waals surface area contributed by atoms with Crippen molar-refractivity contribution in [3.8, 4) is 0 Å². The summed E-state index contributed by atoms with van der Waals surface area (Å²) in [7, 11) is 0. The molecule has 134 valence electrons. The molecule has 1 aromatic heterocycles. The molecule has 0 saturated carbocycles. The Morgan fingerprint density at radius 3 is 2.80 bits per heavy atom. The predicted molar refractivity (Wildman–Crippen MR) is 96.2 cm³/mol. The smallest absolute Gasteiger partial charge is 0.134 e. The molecule has 6 nitrogen and oxygen atoms in total. The molecule has 0 spiro atoms. The van der Waals surface area contributed by atoms with E-state index < -0.39 is 6.10 Å². The van der Waals surface area contributed by atoms with Crippen molar-refractivity contribution in [2.24, 2.45) is 0 Å². The normalized spacial score (nSPS) is 18.0. The molecule has 7 heteroatoms. The van der Waals surface area contributed by atoms with Gasteiger partial charge in [-0.2, -0.15) is 0 Å². The lowest BCUT2D eigenvalue weighted by Crippen LogP contribution is -2.57. The molecule has 3 N–H and O–H groups in total. The van der Waals surface area contributed by atoms with Gasteiger partial charge in [-0.25, -0.2) is 14.4 Å². The summed E-state index contributed by atoms with van der Waals surface area (Å²) in [5, 5.41) is 16.8. The Kier molecular flexibility index (Phi) is 5.15. The van der Waals surface area contributed by atoms with E-state index in [1.165, 1.54) is 18.5 Å². The van der Waals surface area contributed by atoms with Crippen LogP contribution in [0.15, 0.2) is 36.7 Å². The highest BCUT2D eigenvalue weighted by Crippen LogP contribution is 2.20. The second-order valence-corrected chi connectivity index (χ2v) is 6.94. The number of hydrogen-bond acceptors (Lipinski definition) is 6. The van der Waals surface area contributed by atoms with Gasteiger partial charge in [0.25, 0.3) is 0 Å². The third-order valence-electron chi connectivity index (χ3n) is 4.28. The monoisotopic (exact) mass is 345 g/mol. The average molecular weight is 345 g/mol. The molecule has 1 unspecified atom stereocenters. The van der Waals surface area contributed by atoms with Crippen LogP contribution in [0.25, 0.3) is 0 Å². The van der Waals surface area contributed by atoms with E-state index in [2.05, 4.69) is 39.3 Å². The van der Waals surface area contributed by atoms with Crippen molar-refractivity contribution in [3.05, 3.63) is 48.0 Å². The minimum absolute atomic E-state index is 0.0373. The fraction of sp³-hybridized carbons (Fsp3) is 0.444. The van der Waals surface area contributed by atoms with Gasteiger partial charge in [0.2, 0.25) is 0 Å². The molecule has 1 fully saturated rings. The first-order chi connectivity index (χ1) is 11.9. The number of piperazine rings is 1. The summed E-state index contributed by atoms with van der Waals surface area (Å²) in [6.45, 7) is 7.27. The highest BCUT2D eigenvalue weighted by atomic mass is 19.1. The zero-order valence-corrected chi connectivity index (χ0v) is 14.5. The maximum atomic E-state index is 13.0. The van der Waals surface area contributed by atoms with Crippen LogP contribution in [0.5, 0.6) is 0 Å². The van der Waals surface area contributed by atoms with Crippen molar-refractivity contribution in [1.82, 2.24) is 15.3 Å². The Morgan fingerprint density at radius 1 is 1.32 bits per heavy atom. The van der Waals surface area contributed by atoms with Gasteiger partial charge in [-0.3, -0.25) is 0 Å². The van der Waals surface area contributed by atoms with E-state index in [0.29, 0.717) is 11.4 Å². The molecule has 0 bridgehead atoms. The van der Waals surface area contributed by atoms with Crippen LogP contribution < -0.4 is 15.5 Å². The fourth-order valence-corrected chi connectivity index (χ4v) is 2.96. The summed E-state index contributed by atoms with van der Waals surface area (Å²) in [6.07, 6.45) is 0.786. The number of nitrogens with zero attached hydrogens (tertiary/aromatic N) is 3. The van der Waals surface area contributed by atoms with E-state index in [-0.39, 0.29) is 17.9 Å². The molecule has 0 aliphatic carbocycles. The molecule has 0 amide bonds. The number of anilines is 2. The Balaban J connectivity index is 1.62. The summed E-state index contributed by atoms with van der Waals surface area (Å²) >= 11 is 0. The topological polar surface area (TPSA) is 73.3 Å². The van der Waals surface area contributed by atoms with E-state index >= 15 is 0 Å². The molecule has 1 saturated heterocycles. The number of aromatic nitrogens is 2. The minimum atomic E-state index is -0.739. The summed E-state index contributed by atoms with van der Waals surface area (Å²) in [5.41, 5.74) is 0.697. The van der Waals surface area contributed by atoms with Gasteiger partial charge in [0.05, 0.1) is 6.10 Å². The third kappa shape index (κ3) is 4.64. The Bertz CT molecular complexity index is 707. The van der Waals surface area contributed by atoms with Crippen LogP contribution in [0, 0.1) is 5.82 Å². The first-order valence-electron chi connectivity index (χ1n) is 8.42. The number of aliphatic hydroxyl groups excluding tert-OH is 1. The standard InChI is InChI=1S/C18H24FN5O/c1-18(2)11-24(8-7-23-18)17-9-16(21-12-22-17)20-10-15(25)13-3-5-14(19)6-4-13/h3-6,9,12,15,23,25H,7-8,10-11H2,1-2H3,(H,20,21,22). The number of benzene rings is 1. The first kappa shape index (κ1) is 17.6. The maximum Gasteiger partial charge on any atom is 0.134 e. The van der Waals surface area contributed by atoms with Crippen LogP contribution in [0.2, 0.25) is 0 Å². The van der Waals surface area contributed by atoms with E-state index in [1.54, 1.807) is 12.1 Å². The lowest BCUT2D eigenvalue weighted by atomic mass is 10.0. The molecule has 2 aromatic rings. The Hall–Kier alpha value is -2.25. The number of nitrogens with one attached hydrogen (secondary N) is 2. The fourth-order valence-electron chi connectivity index (χ4n) is 2.96. The van der Waals surface area contributed by atoms with Crippen molar-refractivity contribution < 1.29 is 9.50 Å². The quantitative estimate of drug-likeness (QED) is 0.769. The van der Waals surface area contributed by atoms with Crippen LogP contribution in [0.3, 0.4) is 0 Å². The van der Waals surface area contributed by atoms with Crippen molar-refractivity contribution in [1.29, 1.82) is 0 Å². The Labute approximate surface area is 147 Å². The van der Waals surface area contributed by atoms with Gasteiger partial charge in [0.15, 0.2) is 0 Å². The molecular formula is C18H24FN5O. The van der Waals surface area contributed by atoms with Crippen molar-refractivity contribution in [2.45, 2.75) is 25.5 Å². The van der Waals surface area contributed by atoms with Gasteiger partial charge in [-0.15, -0.1) is 0 Å². The van der Waals surface area contributed by atoms with Gasteiger partial charge in [-0.05, 0) is 31.5 Å². The SMILES string of the molecule is CC1(C)CN(c2cc(NCC(O)c3ccc(F)cc3)ncn2)CCN1. The minimum Gasteiger partial charge on any atom is -0.387 e. The van der Waals surface area contributed by atoms with Crippen molar-refractivity contribution >= 4 is 11.6 Å². The molecule has 2 heterocycles. The van der Waals surface area contributed by atoms with Gasteiger partial charge in [-0.1, -0.05) is 12.1 Å². The van der Waals surface area contributed by atoms with E-state index in [1.807, 2.05) is 6.07 Å². The van der Waals surface area contributed by atoms with Crippen LogP contribution in [-0.4, -0.2) is 46.8 Å². The maximum absolute atomic E-state index is 13.0. The van der Waals surface area contributed by atoms with E-state index in [4.69, 9.17) is 0 Å².